The minimum absolute atomic E-state index is 0.0199. The number of nitrogens with one attached hydrogen (secondary N) is 1. The lowest BCUT2D eigenvalue weighted by atomic mass is 10.1. The Labute approximate surface area is 127 Å². The van der Waals surface area contributed by atoms with Crippen LogP contribution in [0.15, 0.2) is 48.5 Å². The van der Waals surface area contributed by atoms with Gasteiger partial charge in [-0.25, -0.2) is 4.79 Å². The molecule has 22 heavy (non-hydrogen) atoms. The van der Waals surface area contributed by atoms with E-state index in [2.05, 4.69) is 5.32 Å². The molecular formula is C16H16N2O4. The number of aromatic hydroxyl groups is 1. The van der Waals surface area contributed by atoms with Crippen LogP contribution >= 0.6 is 0 Å². The molecule has 2 rings (SSSR count). The summed E-state index contributed by atoms with van der Waals surface area (Å²) in [5.41, 5.74) is 6.58. The molecule has 6 nitrogen and oxygen atoms in total. The smallest absolute Gasteiger partial charge is 0.326 e. The van der Waals surface area contributed by atoms with Crippen molar-refractivity contribution in [1.29, 1.82) is 0 Å². The number of aliphatic carboxylic acids is 1. The fraction of sp³-hybridized carbons (Fsp3) is 0.125. The predicted octanol–water partition coefficient (Wildman–Crippen LogP) is 1.40. The number of phenolic OH excluding ortho intramolecular Hbond substituents is 1. The van der Waals surface area contributed by atoms with E-state index in [9.17, 15) is 19.8 Å². The van der Waals surface area contributed by atoms with Crippen molar-refractivity contribution in [3.63, 3.8) is 0 Å². The number of amides is 1. The minimum Gasteiger partial charge on any atom is -0.507 e. The Morgan fingerprint density at radius 1 is 1.14 bits per heavy atom. The molecule has 0 saturated carbocycles. The van der Waals surface area contributed by atoms with Crippen molar-refractivity contribution in [3.05, 3.63) is 59.7 Å². The van der Waals surface area contributed by atoms with Crippen LogP contribution in [-0.2, 0) is 11.2 Å². The van der Waals surface area contributed by atoms with Crippen molar-refractivity contribution < 1.29 is 19.8 Å². The lowest BCUT2D eigenvalue weighted by molar-refractivity contribution is -0.139. The third-order valence-corrected chi connectivity index (χ3v) is 3.15. The summed E-state index contributed by atoms with van der Waals surface area (Å²) in [6, 6.07) is 11.9. The first kappa shape index (κ1) is 15.4. The second-order valence-corrected chi connectivity index (χ2v) is 4.83. The zero-order chi connectivity index (χ0) is 16.1. The summed E-state index contributed by atoms with van der Waals surface area (Å²) < 4.78 is 0. The van der Waals surface area contributed by atoms with Crippen LogP contribution in [0, 0.1) is 0 Å². The largest absolute Gasteiger partial charge is 0.507 e. The molecule has 0 spiro atoms. The Balaban J connectivity index is 2.14. The van der Waals surface area contributed by atoms with E-state index in [-0.39, 0.29) is 17.7 Å². The van der Waals surface area contributed by atoms with Gasteiger partial charge in [-0.1, -0.05) is 30.3 Å². The normalized spacial score (nSPS) is 11.6. The van der Waals surface area contributed by atoms with Crippen molar-refractivity contribution in [1.82, 2.24) is 5.32 Å². The summed E-state index contributed by atoms with van der Waals surface area (Å²) in [6.45, 7) is 0. The quantitative estimate of drug-likeness (QED) is 0.623. The summed E-state index contributed by atoms with van der Waals surface area (Å²) >= 11 is 0. The van der Waals surface area contributed by atoms with Crippen molar-refractivity contribution in [3.8, 4) is 5.75 Å². The number of anilines is 1. The number of benzene rings is 2. The van der Waals surface area contributed by atoms with Gasteiger partial charge in [-0.05, 0) is 17.7 Å². The van der Waals surface area contributed by atoms with E-state index in [0.717, 1.165) is 5.56 Å². The van der Waals surface area contributed by atoms with Gasteiger partial charge in [-0.15, -0.1) is 0 Å². The predicted molar refractivity (Wildman–Crippen MR) is 81.6 cm³/mol. The molecule has 0 unspecified atom stereocenters. The summed E-state index contributed by atoms with van der Waals surface area (Å²) in [5.74, 6) is -2.10. The molecule has 0 bridgehead atoms. The number of carboxylic acid groups (broad SMARTS) is 1. The van der Waals surface area contributed by atoms with Gasteiger partial charge in [0.1, 0.15) is 11.8 Å². The number of carbonyl (C=O) groups is 2. The van der Waals surface area contributed by atoms with Crippen molar-refractivity contribution in [2.24, 2.45) is 0 Å². The molecule has 2 aromatic rings. The topological polar surface area (TPSA) is 113 Å². The van der Waals surface area contributed by atoms with Crippen LogP contribution < -0.4 is 11.1 Å². The molecule has 0 aromatic heterocycles. The van der Waals surface area contributed by atoms with Crippen LogP contribution in [-0.4, -0.2) is 28.1 Å². The van der Waals surface area contributed by atoms with Gasteiger partial charge in [-0.2, -0.15) is 0 Å². The summed E-state index contributed by atoms with van der Waals surface area (Å²) in [7, 11) is 0. The first-order chi connectivity index (χ1) is 10.5. The molecule has 6 heteroatoms. The number of nitrogen functional groups attached to an aromatic ring is 1. The van der Waals surface area contributed by atoms with E-state index in [1.807, 2.05) is 6.07 Å². The van der Waals surface area contributed by atoms with Crippen LogP contribution in [0.4, 0.5) is 5.69 Å². The maximum atomic E-state index is 12.1. The van der Waals surface area contributed by atoms with E-state index in [0.29, 0.717) is 5.69 Å². The molecule has 2 aromatic carbocycles. The molecule has 0 aliphatic rings. The van der Waals surface area contributed by atoms with E-state index in [4.69, 9.17) is 5.73 Å². The van der Waals surface area contributed by atoms with Gasteiger partial charge in [0.05, 0.1) is 5.56 Å². The molecule has 1 atom stereocenters. The van der Waals surface area contributed by atoms with Gasteiger partial charge in [-0.3, -0.25) is 4.79 Å². The molecule has 0 saturated heterocycles. The van der Waals surface area contributed by atoms with Crippen LogP contribution in [0.5, 0.6) is 5.75 Å². The molecule has 1 amide bonds. The zero-order valence-corrected chi connectivity index (χ0v) is 11.7. The van der Waals surface area contributed by atoms with Gasteiger partial charge >= 0.3 is 5.97 Å². The number of nitrogens with two attached hydrogens (primary N) is 1. The Bertz CT molecular complexity index is 686. The number of rotatable bonds is 5. The van der Waals surface area contributed by atoms with E-state index >= 15 is 0 Å². The Morgan fingerprint density at radius 3 is 2.41 bits per heavy atom. The molecule has 5 N–H and O–H groups in total. The summed E-state index contributed by atoms with van der Waals surface area (Å²) in [4.78, 5) is 23.4. The van der Waals surface area contributed by atoms with Crippen molar-refractivity contribution in [2.75, 3.05) is 5.73 Å². The summed E-state index contributed by atoms with van der Waals surface area (Å²) in [5, 5.41) is 21.4. The molecule has 0 aliphatic carbocycles. The van der Waals surface area contributed by atoms with Gasteiger partial charge in [0.2, 0.25) is 0 Å². The van der Waals surface area contributed by atoms with Gasteiger partial charge < -0.3 is 21.3 Å². The second-order valence-electron chi connectivity index (χ2n) is 4.83. The van der Waals surface area contributed by atoms with Crippen molar-refractivity contribution >= 4 is 17.6 Å². The number of hydrogen-bond acceptors (Lipinski definition) is 4. The van der Waals surface area contributed by atoms with Gasteiger partial charge in [0.15, 0.2) is 0 Å². The van der Waals surface area contributed by atoms with Crippen molar-refractivity contribution in [2.45, 2.75) is 12.5 Å². The maximum Gasteiger partial charge on any atom is 0.326 e. The van der Waals surface area contributed by atoms with Crippen LogP contribution in [0.1, 0.15) is 15.9 Å². The molecule has 0 aliphatic heterocycles. The number of phenols is 1. The average molecular weight is 300 g/mol. The van der Waals surface area contributed by atoms with Gasteiger partial charge in [0.25, 0.3) is 5.91 Å². The monoisotopic (exact) mass is 300 g/mol. The fourth-order valence-electron chi connectivity index (χ4n) is 2.03. The maximum absolute atomic E-state index is 12.1. The van der Waals surface area contributed by atoms with Crippen LogP contribution in [0.3, 0.4) is 0 Å². The first-order valence-corrected chi connectivity index (χ1v) is 6.63. The number of carboxylic acids is 1. The third kappa shape index (κ3) is 3.76. The minimum atomic E-state index is -1.15. The van der Waals surface area contributed by atoms with Crippen LogP contribution in [0.2, 0.25) is 0 Å². The Kier molecular flexibility index (Phi) is 4.63. The Hall–Kier alpha value is -3.02. The third-order valence-electron chi connectivity index (χ3n) is 3.15. The van der Waals surface area contributed by atoms with E-state index in [1.54, 1.807) is 24.3 Å². The lowest BCUT2D eigenvalue weighted by Crippen LogP contribution is -2.42. The highest BCUT2D eigenvalue weighted by atomic mass is 16.4. The van der Waals surface area contributed by atoms with E-state index in [1.165, 1.54) is 18.2 Å². The second kappa shape index (κ2) is 6.62. The molecule has 0 fully saturated rings. The molecule has 0 radical (unpaired) electrons. The first-order valence-electron chi connectivity index (χ1n) is 6.63. The number of hydrogen-bond donors (Lipinski definition) is 4. The fourth-order valence-corrected chi connectivity index (χ4v) is 2.03. The molecule has 0 heterocycles. The molecular weight excluding hydrogens is 284 g/mol. The SMILES string of the molecule is Nc1ccc(C(=O)N[C@H](Cc2ccccc2)C(=O)O)c(O)c1. The van der Waals surface area contributed by atoms with E-state index < -0.39 is 17.9 Å². The zero-order valence-electron chi connectivity index (χ0n) is 11.7. The van der Waals surface area contributed by atoms with Gasteiger partial charge in [0, 0.05) is 18.2 Å². The summed E-state index contributed by atoms with van der Waals surface area (Å²) in [6.07, 6.45) is 0.150. The molecule has 114 valence electrons. The van der Waals surface area contributed by atoms with Crippen LogP contribution in [0.25, 0.3) is 0 Å². The highest BCUT2D eigenvalue weighted by Crippen LogP contribution is 2.20. The highest BCUT2D eigenvalue weighted by Gasteiger charge is 2.22. The highest BCUT2D eigenvalue weighted by molar-refractivity contribution is 5.99. The standard InChI is InChI=1S/C16H16N2O4/c17-11-6-7-12(14(19)9-11)15(20)18-13(16(21)22)8-10-4-2-1-3-5-10/h1-7,9,13,19H,8,17H2,(H,18,20)(H,21,22)/t13-/m1/s1. The number of carbonyl (C=O) groups excluding carboxylic acids is 1. The lowest BCUT2D eigenvalue weighted by Gasteiger charge is -2.15. The average Bonchev–Trinajstić information content (AvgIpc) is 2.47. The Morgan fingerprint density at radius 2 is 1.82 bits per heavy atom.